The molecule has 0 saturated carbocycles. The van der Waals surface area contributed by atoms with Crippen molar-refractivity contribution >= 4 is 23.3 Å². The second-order valence-electron chi connectivity index (χ2n) is 5.09. The topological polar surface area (TPSA) is 29.9 Å². The molecule has 1 aromatic heterocycles. The van der Waals surface area contributed by atoms with Gasteiger partial charge in [-0.25, -0.2) is 4.39 Å². The predicted octanol–water partition coefficient (Wildman–Crippen LogP) is 4.35. The summed E-state index contributed by atoms with van der Waals surface area (Å²) in [5, 5.41) is 0. The van der Waals surface area contributed by atoms with Gasteiger partial charge in [0.05, 0.1) is 18.1 Å². The van der Waals surface area contributed by atoms with Gasteiger partial charge in [-0.15, -0.1) is 0 Å². The van der Waals surface area contributed by atoms with Crippen molar-refractivity contribution in [2.24, 2.45) is 0 Å². The first kappa shape index (κ1) is 13.4. The lowest BCUT2D eigenvalue weighted by Gasteiger charge is -2.07. The number of aromatic amines is 1. The van der Waals surface area contributed by atoms with Gasteiger partial charge in [0.1, 0.15) is 0 Å². The third-order valence-corrected chi connectivity index (χ3v) is 4.16. The van der Waals surface area contributed by atoms with E-state index < -0.39 is 0 Å². The van der Waals surface area contributed by atoms with Crippen LogP contribution < -0.4 is 4.74 Å². The van der Waals surface area contributed by atoms with Crippen molar-refractivity contribution in [3.05, 3.63) is 34.4 Å². The zero-order chi connectivity index (χ0) is 14.1. The first-order chi connectivity index (χ1) is 9.69. The van der Waals surface area contributed by atoms with E-state index in [0.717, 1.165) is 18.5 Å². The predicted molar refractivity (Wildman–Crippen MR) is 80.2 cm³/mol. The highest BCUT2D eigenvalue weighted by Gasteiger charge is 2.11. The number of nitrogens with zero attached hydrogens (tertiary/aromatic N) is 1. The van der Waals surface area contributed by atoms with Crippen LogP contribution in [0.5, 0.6) is 5.75 Å². The van der Waals surface area contributed by atoms with Crippen LogP contribution >= 0.6 is 12.2 Å². The van der Waals surface area contributed by atoms with Gasteiger partial charge in [-0.1, -0.05) is 11.6 Å². The Labute approximate surface area is 122 Å². The maximum absolute atomic E-state index is 13.7. The summed E-state index contributed by atoms with van der Waals surface area (Å²) in [6.45, 7) is 0.819. The van der Waals surface area contributed by atoms with E-state index in [2.05, 4.69) is 11.1 Å². The van der Waals surface area contributed by atoms with E-state index >= 15 is 0 Å². The zero-order valence-electron chi connectivity index (χ0n) is 11.4. The Hall–Kier alpha value is -1.62. The van der Waals surface area contributed by atoms with Crippen LogP contribution in [0.1, 0.15) is 25.7 Å². The molecule has 0 saturated heterocycles. The Kier molecular flexibility index (Phi) is 3.61. The summed E-state index contributed by atoms with van der Waals surface area (Å²) in [6.07, 6.45) is 6.95. The van der Waals surface area contributed by atoms with Crippen LogP contribution in [0, 0.1) is 10.6 Å². The highest BCUT2D eigenvalue weighted by Crippen LogP contribution is 2.26. The van der Waals surface area contributed by atoms with Gasteiger partial charge in [0.15, 0.2) is 16.3 Å². The van der Waals surface area contributed by atoms with Crippen LogP contribution in [0.3, 0.4) is 0 Å². The summed E-state index contributed by atoms with van der Waals surface area (Å²) < 4.78 is 21.4. The maximum Gasteiger partial charge on any atom is 0.178 e. The van der Waals surface area contributed by atoms with Crippen molar-refractivity contribution in [1.29, 1.82) is 0 Å². The standard InChI is InChI=1S/C15H17FN2OS/c1-19-14-9-13-12(8-11(14)16)17-15(20)18(13)7-6-10-4-2-3-5-10/h4,8-9H,2-3,5-7H2,1H3,(H,17,20). The summed E-state index contributed by atoms with van der Waals surface area (Å²) in [5.74, 6) is -0.123. The summed E-state index contributed by atoms with van der Waals surface area (Å²) >= 11 is 5.34. The van der Waals surface area contributed by atoms with Crippen molar-refractivity contribution in [3.63, 3.8) is 0 Å². The van der Waals surface area contributed by atoms with Crippen LogP contribution in [-0.2, 0) is 6.54 Å². The molecule has 1 heterocycles. The largest absolute Gasteiger partial charge is 0.494 e. The molecule has 106 valence electrons. The van der Waals surface area contributed by atoms with Crippen LogP contribution in [0.25, 0.3) is 11.0 Å². The molecular weight excluding hydrogens is 275 g/mol. The Morgan fingerprint density at radius 2 is 2.30 bits per heavy atom. The Morgan fingerprint density at radius 1 is 1.45 bits per heavy atom. The van der Waals surface area contributed by atoms with Crippen molar-refractivity contribution in [3.8, 4) is 5.75 Å². The molecule has 0 unspecified atom stereocenters. The second-order valence-corrected chi connectivity index (χ2v) is 5.48. The van der Waals surface area contributed by atoms with Crippen LogP contribution in [-0.4, -0.2) is 16.7 Å². The molecule has 3 rings (SSSR count). The number of aromatic nitrogens is 2. The molecule has 1 aliphatic carbocycles. The number of imidazole rings is 1. The number of hydrogen-bond donors (Lipinski definition) is 1. The van der Waals surface area contributed by atoms with Crippen molar-refractivity contribution in [2.75, 3.05) is 7.11 Å². The highest BCUT2D eigenvalue weighted by molar-refractivity contribution is 7.71. The van der Waals surface area contributed by atoms with Crippen molar-refractivity contribution < 1.29 is 9.13 Å². The maximum atomic E-state index is 13.7. The van der Waals surface area contributed by atoms with Crippen LogP contribution in [0.2, 0.25) is 0 Å². The molecule has 0 fully saturated rings. The summed E-state index contributed by atoms with van der Waals surface area (Å²) in [6, 6.07) is 3.15. The Bertz CT molecular complexity index is 729. The van der Waals surface area contributed by atoms with Crippen molar-refractivity contribution in [2.45, 2.75) is 32.2 Å². The summed E-state index contributed by atoms with van der Waals surface area (Å²) in [5.41, 5.74) is 3.11. The lowest BCUT2D eigenvalue weighted by atomic mass is 10.1. The number of allylic oxidation sites excluding steroid dienone is 2. The highest BCUT2D eigenvalue weighted by atomic mass is 32.1. The molecule has 3 nitrogen and oxygen atoms in total. The van der Waals surface area contributed by atoms with E-state index in [1.807, 2.05) is 4.57 Å². The minimum absolute atomic E-state index is 0.250. The first-order valence-corrected chi connectivity index (χ1v) is 7.24. The summed E-state index contributed by atoms with van der Waals surface area (Å²) in [4.78, 5) is 3.06. The molecule has 0 amide bonds. The molecule has 2 aromatic rings. The van der Waals surface area contributed by atoms with Gasteiger partial charge < -0.3 is 14.3 Å². The quantitative estimate of drug-likeness (QED) is 0.671. The molecule has 0 bridgehead atoms. The fourth-order valence-electron chi connectivity index (χ4n) is 2.76. The zero-order valence-corrected chi connectivity index (χ0v) is 12.2. The third-order valence-electron chi connectivity index (χ3n) is 3.84. The Morgan fingerprint density at radius 3 is 3.00 bits per heavy atom. The molecule has 0 atom stereocenters. The lowest BCUT2D eigenvalue weighted by Crippen LogP contribution is -1.99. The molecule has 0 spiro atoms. The number of H-pyrrole nitrogens is 1. The third kappa shape index (κ3) is 2.38. The van der Waals surface area contributed by atoms with Gasteiger partial charge in [0, 0.05) is 18.7 Å². The van der Waals surface area contributed by atoms with Crippen LogP contribution in [0.4, 0.5) is 4.39 Å². The molecule has 1 aromatic carbocycles. The fourth-order valence-corrected chi connectivity index (χ4v) is 3.06. The number of fused-ring (bicyclic) bond motifs is 1. The minimum atomic E-state index is -0.373. The second kappa shape index (κ2) is 5.40. The minimum Gasteiger partial charge on any atom is -0.494 e. The van der Waals surface area contributed by atoms with Crippen LogP contribution in [0.15, 0.2) is 23.8 Å². The first-order valence-electron chi connectivity index (χ1n) is 6.83. The fraction of sp³-hybridized carbons (Fsp3) is 0.400. The van der Waals surface area contributed by atoms with Gasteiger partial charge >= 0.3 is 0 Å². The number of nitrogens with one attached hydrogen (secondary N) is 1. The van der Waals surface area contributed by atoms with E-state index in [1.165, 1.54) is 38.0 Å². The number of halogens is 1. The van der Waals surface area contributed by atoms with Gasteiger partial charge in [-0.3, -0.25) is 0 Å². The average molecular weight is 292 g/mol. The van der Waals surface area contributed by atoms with Gasteiger partial charge in [0.2, 0.25) is 0 Å². The van der Waals surface area contributed by atoms with E-state index in [9.17, 15) is 4.39 Å². The van der Waals surface area contributed by atoms with E-state index in [-0.39, 0.29) is 11.6 Å². The van der Waals surface area contributed by atoms with Gasteiger partial charge in [-0.2, -0.15) is 0 Å². The normalized spacial score (nSPS) is 14.8. The van der Waals surface area contributed by atoms with Crippen molar-refractivity contribution in [1.82, 2.24) is 9.55 Å². The smallest absolute Gasteiger partial charge is 0.178 e. The number of hydrogen-bond acceptors (Lipinski definition) is 2. The SMILES string of the molecule is COc1cc2c(cc1F)[nH]c(=S)n2CCC1=CCCC1. The number of ether oxygens (including phenoxy) is 1. The summed E-state index contributed by atoms with van der Waals surface area (Å²) in [7, 11) is 1.47. The molecule has 0 radical (unpaired) electrons. The average Bonchev–Trinajstić information content (AvgIpc) is 3.03. The molecule has 1 N–H and O–H groups in total. The van der Waals surface area contributed by atoms with E-state index in [4.69, 9.17) is 17.0 Å². The number of benzene rings is 1. The number of methoxy groups -OCH3 is 1. The van der Waals surface area contributed by atoms with E-state index in [0.29, 0.717) is 10.3 Å². The Balaban J connectivity index is 1.96. The molecule has 0 aliphatic heterocycles. The number of rotatable bonds is 4. The molecule has 1 aliphatic rings. The van der Waals surface area contributed by atoms with Gasteiger partial charge in [0.25, 0.3) is 0 Å². The molecule has 5 heteroatoms. The van der Waals surface area contributed by atoms with E-state index in [1.54, 1.807) is 6.07 Å². The molecule has 20 heavy (non-hydrogen) atoms. The monoisotopic (exact) mass is 292 g/mol. The number of aryl methyl sites for hydroxylation is 1. The van der Waals surface area contributed by atoms with Gasteiger partial charge in [-0.05, 0) is 37.9 Å². The molecular formula is C15H17FN2OS. The lowest BCUT2D eigenvalue weighted by molar-refractivity contribution is 0.387.